The molecule has 13 heavy (non-hydrogen) atoms. The van der Waals surface area contributed by atoms with Crippen LogP contribution in [0.3, 0.4) is 0 Å². The zero-order chi connectivity index (χ0) is 9.10. The molecule has 0 saturated carbocycles. The molecule has 3 heteroatoms. The number of hydrogen-bond acceptors (Lipinski definition) is 3. The standard InChI is InChI=1S/C10H19NO2/c12-10-2-1-4-11(7-10)6-9-3-5-13-8-9/h9-10,12H,1-8H2. The summed E-state index contributed by atoms with van der Waals surface area (Å²) in [7, 11) is 0. The van der Waals surface area contributed by atoms with Gasteiger partial charge in [0.1, 0.15) is 0 Å². The largest absolute Gasteiger partial charge is 0.392 e. The molecule has 2 aliphatic rings. The van der Waals surface area contributed by atoms with Crippen molar-refractivity contribution < 1.29 is 9.84 Å². The number of hydrogen-bond donors (Lipinski definition) is 1. The maximum atomic E-state index is 9.48. The fourth-order valence-corrected chi connectivity index (χ4v) is 2.29. The number of ether oxygens (including phenoxy) is 1. The lowest BCUT2D eigenvalue weighted by molar-refractivity contribution is 0.0601. The Morgan fingerprint density at radius 3 is 3.00 bits per heavy atom. The third kappa shape index (κ3) is 2.66. The Hall–Kier alpha value is -0.120. The van der Waals surface area contributed by atoms with E-state index in [0.29, 0.717) is 5.92 Å². The van der Waals surface area contributed by atoms with Gasteiger partial charge in [-0.15, -0.1) is 0 Å². The Morgan fingerprint density at radius 1 is 1.38 bits per heavy atom. The number of aliphatic hydroxyl groups excluding tert-OH is 1. The van der Waals surface area contributed by atoms with E-state index in [9.17, 15) is 5.11 Å². The molecule has 2 heterocycles. The molecule has 0 amide bonds. The first-order chi connectivity index (χ1) is 6.34. The van der Waals surface area contributed by atoms with E-state index in [1.54, 1.807) is 0 Å². The van der Waals surface area contributed by atoms with Crippen molar-refractivity contribution >= 4 is 0 Å². The smallest absolute Gasteiger partial charge is 0.0667 e. The molecule has 0 aliphatic carbocycles. The number of aliphatic hydroxyl groups is 1. The topological polar surface area (TPSA) is 32.7 Å². The van der Waals surface area contributed by atoms with Crippen molar-refractivity contribution in [3.8, 4) is 0 Å². The molecular formula is C10H19NO2. The summed E-state index contributed by atoms with van der Waals surface area (Å²) >= 11 is 0. The number of rotatable bonds is 2. The van der Waals surface area contributed by atoms with Crippen molar-refractivity contribution in [1.82, 2.24) is 4.90 Å². The van der Waals surface area contributed by atoms with Crippen LogP contribution in [0.25, 0.3) is 0 Å². The van der Waals surface area contributed by atoms with Crippen LogP contribution in [0.1, 0.15) is 19.3 Å². The Bertz CT molecular complexity index is 157. The van der Waals surface area contributed by atoms with Crippen LogP contribution in [0.5, 0.6) is 0 Å². The summed E-state index contributed by atoms with van der Waals surface area (Å²) in [6.45, 7) is 5.01. The molecule has 2 aliphatic heterocycles. The van der Waals surface area contributed by atoms with Crippen LogP contribution in [0.4, 0.5) is 0 Å². The fraction of sp³-hybridized carbons (Fsp3) is 1.00. The first-order valence-electron chi connectivity index (χ1n) is 5.33. The Kier molecular flexibility index (Phi) is 3.19. The van der Waals surface area contributed by atoms with E-state index in [1.165, 1.54) is 6.42 Å². The molecule has 0 aromatic carbocycles. The average Bonchev–Trinajstić information content (AvgIpc) is 2.57. The van der Waals surface area contributed by atoms with Crippen LogP contribution < -0.4 is 0 Å². The van der Waals surface area contributed by atoms with Gasteiger partial charge in [-0.2, -0.15) is 0 Å². The van der Waals surface area contributed by atoms with Crippen LogP contribution in [0.2, 0.25) is 0 Å². The van der Waals surface area contributed by atoms with Crippen LogP contribution >= 0.6 is 0 Å². The highest BCUT2D eigenvalue weighted by atomic mass is 16.5. The van der Waals surface area contributed by atoms with Crippen molar-refractivity contribution in [3.05, 3.63) is 0 Å². The number of nitrogens with zero attached hydrogens (tertiary/aromatic N) is 1. The molecule has 2 unspecified atom stereocenters. The summed E-state index contributed by atoms with van der Waals surface area (Å²) in [5.41, 5.74) is 0. The number of piperidine rings is 1. The maximum Gasteiger partial charge on any atom is 0.0667 e. The zero-order valence-corrected chi connectivity index (χ0v) is 8.11. The van der Waals surface area contributed by atoms with Crippen molar-refractivity contribution in [2.75, 3.05) is 32.8 Å². The fourth-order valence-electron chi connectivity index (χ4n) is 2.29. The van der Waals surface area contributed by atoms with Crippen LogP contribution in [0, 0.1) is 5.92 Å². The Labute approximate surface area is 79.7 Å². The van der Waals surface area contributed by atoms with Gasteiger partial charge >= 0.3 is 0 Å². The predicted molar refractivity (Wildman–Crippen MR) is 50.6 cm³/mol. The molecule has 0 bridgehead atoms. The third-order valence-corrected chi connectivity index (χ3v) is 3.02. The van der Waals surface area contributed by atoms with Gasteiger partial charge in [0.15, 0.2) is 0 Å². The number of β-amino-alcohol motifs (C(OH)–C–C–N with tert-alkyl or cyclic N) is 1. The summed E-state index contributed by atoms with van der Waals surface area (Å²) in [4.78, 5) is 2.38. The maximum absolute atomic E-state index is 9.48. The summed E-state index contributed by atoms with van der Waals surface area (Å²) in [5, 5.41) is 9.48. The summed E-state index contributed by atoms with van der Waals surface area (Å²) in [6, 6.07) is 0. The SMILES string of the molecule is OC1CCCN(CC2CCOC2)C1. The normalized spacial score (nSPS) is 36.7. The second-order valence-electron chi connectivity index (χ2n) is 4.29. The lowest BCUT2D eigenvalue weighted by Crippen LogP contribution is -2.40. The van der Waals surface area contributed by atoms with Crippen molar-refractivity contribution in [1.29, 1.82) is 0 Å². The molecular weight excluding hydrogens is 166 g/mol. The van der Waals surface area contributed by atoms with Crippen molar-refractivity contribution in [2.45, 2.75) is 25.4 Å². The van der Waals surface area contributed by atoms with E-state index in [2.05, 4.69) is 4.90 Å². The van der Waals surface area contributed by atoms with Gasteiger partial charge in [0, 0.05) is 19.7 Å². The minimum absolute atomic E-state index is 0.0870. The van der Waals surface area contributed by atoms with Crippen LogP contribution in [-0.4, -0.2) is 49.0 Å². The molecule has 76 valence electrons. The summed E-state index contributed by atoms with van der Waals surface area (Å²) in [5.74, 6) is 0.713. The molecule has 0 aromatic heterocycles. The first kappa shape index (κ1) is 9.44. The van der Waals surface area contributed by atoms with Gasteiger partial charge in [0.2, 0.25) is 0 Å². The monoisotopic (exact) mass is 185 g/mol. The van der Waals surface area contributed by atoms with E-state index >= 15 is 0 Å². The van der Waals surface area contributed by atoms with Crippen molar-refractivity contribution in [2.24, 2.45) is 5.92 Å². The molecule has 0 spiro atoms. The number of likely N-dealkylation sites (tertiary alicyclic amines) is 1. The van der Waals surface area contributed by atoms with Gasteiger partial charge in [-0.1, -0.05) is 0 Å². The first-order valence-corrected chi connectivity index (χ1v) is 5.33. The summed E-state index contributed by atoms with van der Waals surface area (Å²) in [6.07, 6.45) is 3.25. The Balaban J connectivity index is 1.73. The highest BCUT2D eigenvalue weighted by molar-refractivity contribution is 4.75. The molecule has 3 nitrogen and oxygen atoms in total. The molecule has 0 aromatic rings. The van der Waals surface area contributed by atoms with E-state index in [0.717, 1.165) is 45.7 Å². The average molecular weight is 185 g/mol. The Morgan fingerprint density at radius 2 is 2.31 bits per heavy atom. The van der Waals surface area contributed by atoms with Gasteiger partial charge in [0.05, 0.1) is 12.7 Å². The molecule has 2 atom stereocenters. The van der Waals surface area contributed by atoms with Gasteiger partial charge in [-0.3, -0.25) is 0 Å². The minimum atomic E-state index is -0.0870. The highest BCUT2D eigenvalue weighted by Gasteiger charge is 2.23. The minimum Gasteiger partial charge on any atom is -0.392 e. The summed E-state index contributed by atoms with van der Waals surface area (Å²) < 4.78 is 5.34. The zero-order valence-electron chi connectivity index (χ0n) is 8.11. The second-order valence-corrected chi connectivity index (χ2v) is 4.29. The molecule has 1 N–H and O–H groups in total. The predicted octanol–water partition coefficient (Wildman–Crippen LogP) is 0.480. The second kappa shape index (κ2) is 4.40. The molecule has 0 radical (unpaired) electrons. The van der Waals surface area contributed by atoms with Gasteiger partial charge in [0.25, 0.3) is 0 Å². The highest BCUT2D eigenvalue weighted by Crippen LogP contribution is 2.17. The lowest BCUT2D eigenvalue weighted by atomic mass is 10.0. The van der Waals surface area contributed by atoms with Gasteiger partial charge in [-0.05, 0) is 31.7 Å². The lowest BCUT2D eigenvalue weighted by Gasteiger charge is -2.31. The van der Waals surface area contributed by atoms with E-state index in [-0.39, 0.29) is 6.10 Å². The molecule has 2 rings (SSSR count). The quantitative estimate of drug-likeness (QED) is 0.679. The van der Waals surface area contributed by atoms with E-state index in [4.69, 9.17) is 4.74 Å². The third-order valence-electron chi connectivity index (χ3n) is 3.02. The van der Waals surface area contributed by atoms with E-state index in [1.807, 2.05) is 0 Å². The van der Waals surface area contributed by atoms with Gasteiger partial charge < -0.3 is 14.7 Å². The van der Waals surface area contributed by atoms with E-state index < -0.39 is 0 Å². The van der Waals surface area contributed by atoms with Gasteiger partial charge in [-0.25, -0.2) is 0 Å². The van der Waals surface area contributed by atoms with Crippen molar-refractivity contribution in [3.63, 3.8) is 0 Å². The molecule has 2 saturated heterocycles. The molecule has 2 fully saturated rings. The van der Waals surface area contributed by atoms with Crippen LogP contribution in [-0.2, 0) is 4.74 Å². The van der Waals surface area contributed by atoms with Crippen LogP contribution in [0.15, 0.2) is 0 Å².